The van der Waals surface area contributed by atoms with E-state index in [2.05, 4.69) is 0 Å². The maximum absolute atomic E-state index is 13.5. The summed E-state index contributed by atoms with van der Waals surface area (Å²) in [6.45, 7) is 0. The molecule has 8 nitrogen and oxygen atoms in total. The second-order valence-corrected chi connectivity index (χ2v) is 15.2. The number of hydrogen-bond donors (Lipinski definition) is 2. The number of carbonyl (C=O) groups is 2. The van der Waals surface area contributed by atoms with E-state index in [9.17, 15) is 158 Å². The van der Waals surface area contributed by atoms with Gasteiger partial charge in [0.05, 0.1) is 22.3 Å². The second kappa shape index (κ2) is 18.2. The molecule has 2 aromatic carbocycles. The van der Waals surface area contributed by atoms with E-state index in [1.54, 1.807) is 0 Å². The molecular formula is C26H8CuF30N2O6S2. The largest absolute Gasteiger partial charge is 0.460 e. The van der Waals surface area contributed by atoms with Gasteiger partial charge in [0, 0.05) is 28.2 Å². The SMILES string of the molecule is O=C(NS(=O)(=O)C(F)(F)C(F)(F)C(F)(F)C(F)(F)F)c1cc(C(F)(F)F)cc(C(F)(F)F)c1.O=C(NS(=O)(=O)C(F)(F)C(F)(F)C(F)(F)C(F)(F)F)c1cc(C(F)(F)F)cc(C(F)(F)F)c1.[Cu]. The van der Waals surface area contributed by atoms with Crippen molar-refractivity contribution in [3.63, 3.8) is 0 Å². The molecule has 0 aromatic heterocycles. The van der Waals surface area contributed by atoms with Crippen LogP contribution in [0.1, 0.15) is 43.0 Å². The summed E-state index contributed by atoms with van der Waals surface area (Å²) in [5, 5.41) is -14.9. The first-order chi connectivity index (χ1) is 28.4. The van der Waals surface area contributed by atoms with Crippen molar-refractivity contribution < 1.29 is 175 Å². The van der Waals surface area contributed by atoms with Gasteiger partial charge >= 0.3 is 91.3 Å². The minimum atomic E-state index is -7.80. The average Bonchev–Trinajstić information content (AvgIpc) is 3.08. The van der Waals surface area contributed by atoms with Crippen molar-refractivity contribution in [1.82, 2.24) is 9.44 Å². The molecule has 1 radical (unpaired) electrons. The summed E-state index contributed by atoms with van der Waals surface area (Å²) >= 11 is 0. The Morgan fingerprint density at radius 1 is 0.328 bits per heavy atom. The van der Waals surface area contributed by atoms with Crippen LogP contribution in [0.3, 0.4) is 0 Å². The first-order valence-electron chi connectivity index (χ1n) is 14.5. The fourth-order valence-electron chi connectivity index (χ4n) is 3.72. The maximum atomic E-state index is 13.5. The Morgan fingerprint density at radius 2 is 0.507 bits per heavy atom. The number of carbonyl (C=O) groups excluding carboxylic acids is 2. The van der Waals surface area contributed by atoms with Gasteiger partial charge in [-0.3, -0.25) is 9.59 Å². The molecule has 0 aliphatic carbocycles. The molecular weight excluding hydrogens is 1130 g/mol. The van der Waals surface area contributed by atoms with E-state index in [4.69, 9.17) is 0 Å². The number of halogens is 30. The van der Waals surface area contributed by atoms with E-state index < -0.39 is 173 Å². The number of alkyl halides is 30. The van der Waals surface area contributed by atoms with Crippen molar-refractivity contribution in [3.05, 3.63) is 69.8 Å². The van der Waals surface area contributed by atoms with Crippen LogP contribution >= 0.6 is 0 Å². The molecule has 0 bridgehead atoms. The van der Waals surface area contributed by atoms with Gasteiger partial charge in [-0.15, -0.1) is 0 Å². The van der Waals surface area contributed by atoms with Crippen molar-refractivity contribution in [2.45, 2.75) is 71.3 Å². The number of amides is 2. The monoisotopic (exact) mass is 1140 g/mol. The van der Waals surface area contributed by atoms with E-state index in [1.807, 2.05) is 0 Å². The quantitative estimate of drug-likeness (QED) is 0.180. The summed E-state index contributed by atoms with van der Waals surface area (Å²) in [7, 11) is -15.3. The van der Waals surface area contributed by atoms with Gasteiger partial charge in [-0.2, -0.15) is 149 Å². The van der Waals surface area contributed by atoms with Crippen LogP contribution in [0, 0.1) is 0 Å². The van der Waals surface area contributed by atoms with Crippen LogP contribution in [0.5, 0.6) is 0 Å². The molecule has 2 N–H and O–H groups in total. The molecule has 0 saturated carbocycles. The van der Waals surface area contributed by atoms with Crippen molar-refractivity contribution in [2.75, 3.05) is 0 Å². The van der Waals surface area contributed by atoms with Crippen LogP contribution in [-0.2, 0) is 61.8 Å². The molecule has 0 aliphatic rings. The molecule has 2 aromatic rings. The van der Waals surface area contributed by atoms with E-state index in [-0.39, 0.29) is 26.5 Å². The molecule has 41 heteroatoms. The van der Waals surface area contributed by atoms with Crippen LogP contribution in [0.15, 0.2) is 36.4 Å². The average molecular weight is 1140 g/mol. The molecule has 0 heterocycles. The summed E-state index contributed by atoms with van der Waals surface area (Å²) in [4.78, 5) is 23.3. The Hall–Kier alpha value is -4.30. The molecule has 67 heavy (non-hydrogen) atoms. The van der Waals surface area contributed by atoms with Crippen LogP contribution in [-0.4, -0.2) is 75.2 Å². The molecule has 2 amide bonds. The first kappa shape index (κ1) is 62.7. The smallest absolute Gasteiger partial charge is 0.268 e. The van der Waals surface area contributed by atoms with Gasteiger partial charge in [-0.05, 0) is 36.4 Å². The third kappa shape index (κ3) is 12.3. The van der Waals surface area contributed by atoms with Crippen LogP contribution in [0.25, 0.3) is 0 Å². The Bertz CT molecular complexity index is 2150. The predicted molar refractivity (Wildman–Crippen MR) is 147 cm³/mol. The minimum absolute atomic E-state index is 0. The number of nitrogens with one attached hydrogen (secondary N) is 2. The van der Waals surface area contributed by atoms with E-state index in [1.165, 1.54) is 0 Å². The Morgan fingerprint density at radius 3 is 0.657 bits per heavy atom. The molecule has 2 rings (SSSR count). The van der Waals surface area contributed by atoms with Gasteiger partial charge in [0.15, 0.2) is 0 Å². The van der Waals surface area contributed by atoms with Gasteiger partial charge < -0.3 is 0 Å². The summed E-state index contributed by atoms with van der Waals surface area (Å²) in [6.07, 6.45) is -37.6. The predicted octanol–water partition coefficient (Wildman–Crippen LogP) is 10.4. The molecule has 0 spiro atoms. The van der Waals surface area contributed by atoms with Gasteiger partial charge in [-0.1, -0.05) is 0 Å². The van der Waals surface area contributed by atoms with Gasteiger partial charge in [0.2, 0.25) is 0 Å². The summed E-state index contributed by atoms with van der Waals surface area (Å²) in [5.41, 5.74) is -13.4. The standard InChI is InChI=1S/2C13H4F15NO3S.Cu/c2*14-8(15,16)5-1-4(2-6(3-5)9(17,18)19)7(30)29-33(31,32)13(27,28)11(22,23)10(20,21)12(24,25)26;/h2*1-3H,(H,29,30);. The van der Waals surface area contributed by atoms with Crippen molar-refractivity contribution >= 4 is 31.9 Å². The second-order valence-electron chi connectivity index (χ2n) is 11.8. The van der Waals surface area contributed by atoms with E-state index >= 15 is 0 Å². The first-order valence-corrected chi connectivity index (χ1v) is 17.5. The summed E-state index contributed by atoms with van der Waals surface area (Å²) in [6, 6.07) is -3.53. The number of sulfonamides is 2. The number of benzene rings is 2. The molecule has 0 saturated heterocycles. The minimum Gasteiger partial charge on any atom is -0.268 e. The summed E-state index contributed by atoms with van der Waals surface area (Å²) < 4.78 is 427. The van der Waals surface area contributed by atoms with Gasteiger partial charge in [0.1, 0.15) is 0 Å². The zero-order chi connectivity index (χ0) is 53.3. The Balaban J connectivity index is 0.00000128. The zero-order valence-corrected chi connectivity index (χ0v) is 31.9. The fourth-order valence-corrected chi connectivity index (χ4v) is 5.63. The van der Waals surface area contributed by atoms with E-state index in [0.29, 0.717) is 0 Å². The normalized spacial score (nSPS) is 14.7. The third-order valence-corrected chi connectivity index (χ3v) is 9.83. The van der Waals surface area contributed by atoms with Gasteiger partial charge in [0.25, 0.3) is 11.8 Å². The number of hydrogen-bond acceptors (Lipinski definition) is 6. The Kier molecular flexibility index (Phi) is 17.1. The maximum Gasteiger partial charge on any atom is 0.460 e. The Labute approximate surface area is 357 Å². The number of rotatable bonds is 10. The van der Waals surface area contributed by atoms with Crippen LogP contribution in [0.2, 0.25) is 0 Å². The van der Waals surface area contributed by atoms with Crippen molar-refractivity contribution in [2.24, 2.45) is 0 Å². The van der Waals surface area contributed by atoms with Crippen molar-refractivity contribution in [3.8, 4) is 0 Å². The zero-order valence-electron chi connectivity index (χ0n) is 29.4. The fraction of sp³-hybridized carbons (Fsp3) is 0.462. The van der Waals surface area contributed by atoms with Crippen LogP contribution in [0.4, 0.5) is 132 Å². The summed E-state index contributed by atoms with van der Waals surface area (Å²) in [5.74, 6) is -36.9. The molecule has 0 aliphatic heterocycles. The topological polar surface area (TPSA) is 126 Å². The molecule has 0 fully saturated rings. The van der Waals surface area contributed by atoms with Crippen LogP contribution < -0.4 is 9.44 Å². The van der Waals surface area contributed by atoms with E-state index in [0.717, 1.165) is 0 Å². The molecule has 0 atom stereocenters. The van der Waals surface area contributed by atoms with Gasteiger partial charge in [-0.25, -0.2) is 9.44 Å². The third-order valence-electron chi connectivity index (χ3n) is 7.06. The van der Waals surface area contributed by atoms with Crippen molar-refractivity contribution in [1.29, 1.82) is 0 Å². The molecule has 391 valence electrons. The molecule has 0 unspecified atom stereocenters.